The van der Waals surface area contributed by atoms with E-state index in [0.29, 0.717) is 13.1 Å². The number of pyridine rings is 1. The van der Waals surface area contributed by atoms with Crippen LogP contribution in [0.15, 0.2) is 18.2 Å². The number of hydrogen-bond donors (Lipinski definition) is 1. The monoisotopic (exact) mass is 317 g/mol. The molecule has 1 fully saturated rings. The highest BCUT2D eigenvalue weighted by molar-refractivity contribution is 5.75. The summed E-state index contributed by atoms with van der Waals surface area (Å²) >= 11 is 0. The first-order valence-electron chi connectivity index (χ1n) is 6.82. The maximum absolute atomic E-state index is 12.5. The lowest BCUT2D eigenvalue weighted by Crippen LogP contribution is -2.61. The Morgan fingerprint density at radius 1 is 1.32 bits per heavy atom. The van der Waals surface area contributed by atoms with Crippen LogP contribution in [0.25, 0.3) is 0 Å². The second-order valence-corrected chi connectivity index (χ2v) is 6.18. The molecular weight excluding hydrogens is 299 g/mol. The standard InChI is InChI=1S/C14H18F3N3O2/c1-13(2,3)19-12(21)20-7-9(8-20)22-11-6-4-5-10(18-11)14(15,16)17/h4-6,9H,7-8H2,1-3H3,(H,19,21). The van der Waals surface area contributed by atoms with Crippen molar-refractivity contribution in [1.29, 1.82) is 0 Å². The molecule has 122 valence electrons. The van der Waals surface area contributed by atoms with Crippen LogP contribution in [-0.2, 0) is 6.18 Å². The lowest BCUT2D eigenvalue weighted by Gasteiger charge is -2.40. The van der Waals surface area contributed by atoms with Gasteiger partial charge >= 0.3 is 12.2 Å². The maximum Gasteiger partial charge on any atom is 0.433 e. The van der Waals surface area contributed by atoms with E-state index < -0.39 is 11.9 Å². The number of likely N-dealkylation sites (tertiary alicyclic amines) is 1. The number of hydrogen-bond acceptors (Lipinski definition) is 3. The van der Waals surface area contributed by atoms with E-state index in [1.165, 1.54) is 17.0 Å². The first-order valence-corrected chi connectivity index (χ1v) is 6.82. The number of nitrogens with one attached hydrogen (secondary N) is 1. The third kappa shape index (κ3) is 4.25. The zero-order valence-corrected chi connectivity index (χ0v) is 12.6. The third-order valence-corrected chi connectivity index (χ3v) is 2.92. The van der Waals surface area contributed by atoms with Gasteiger partial charge in [-0.3, -0.25) is 0 Å². The summed E-state index contributed by atoms with van der Waals surface area (Å²) in [6, 6.07) is 3.28. The molecule has 1 aliphatic rings. The molecule has 0 spiro atoms. The normalized spacial score (nSPS) is 16.2. The Morgan fingerprint density at radius 2 is 1.95 bits per heavy atom. The number of alkyl halides is 3. The summed E-state index contributed by atoms with van der Waals surface area (Å²) in [7, 11) is 0. The van der Waals surface area contributed by atoms with Gasteiger partial charge in [-0.05, 0) is 26.8 Å². The molecule has 8 heteroatoms. The minimum atomic E-state index is -4.50. The minimum absolute atomic E-state index is 0.0873. The number of carbonyl (C=O) groups is 1. The van der Waals surface area contributed by atoms with Crippen molar-refractivity contribution in [2.24, 2.45) is 0 Å². The fraction of sp³-hybridized carbons (Fsp3) is 0.571. The first-order chi connectivity index (χ1) is 10.0. The summed E-state index contributed by atoms with van der Waals surface area (Å²) in [5.41, 5.74) is -1.34. The predicted octanol–water partition coefficient (Wildman–Crippen LogP) is 2.67. The van der Waals surface area contributed by atoms with Gasteiger partial charge in [-0.25, -0.2) is 9.78 Å². The number of nitrogens with zero attached hydrogens (tertiary/aromatic N) is 2. The lowest BCUT2D eigenvalue weighted by molar-refractivity contribution is -0.141. The fourth-order valence-corrected chi connectivity index (χ4v) is 1.89. The van der Waals surface area contributed by atoms with E-state index >= 15 is 0 Å². The van der Waals surface area contributed by atoms with Crippen LogP contribution in [-0.4, -0.2) is 40.6 Å². The van der Waals surface area contributed by atoms with Crippen LogP contribution < -0.4 is 10.1 Å². The molecule has 2 heterocycles. The van der Waals surface area contributed by atoms with Crippen molar-refractivity contribution in [3.63, 3.8) is 0 Å². The Hall–Kier alpha value is -1.99. The van der Waals surface area contributed by atoms with Gasteiger partial charge in [-0.15, -0.1) is 0 Å². The molecule has 0 aliphatic carbocycles. The number of rotatable bonds is 2. The molecule has 5 nitrogen and oxygen atoms in total. The topological polar surface area (TPSA) is 54.5 Å². The molecule has 0 atom stereocenters. The summed E-state index contributed by atoms with van der Waals surface area (Å²) in [4.78, 5) is 16.8. The molecule has 1 aromatic rings. The number of amides is 2. The molecule has 0 unspecified atom stereocenters. The summed E-state index contributed by atoms with van der Waals surface area (Å²) in [6.07, 6.45) is -4.85. The van der Waals surface area contributed by atoms with Crippen LogP contribution in [0.1, 0.15) is 26.5 Å². The number of halogens is 3. The maximum atomic E-state index is 12.5. The van der Waals surface area contributed by atoms with Crippen molar-refractivity contribution < 1.29 is 22.7 Å². The molecule has 2 rings (SSSR count). The highest BCUT2D eigenvalue weighted by Gasteiger charge is 2.35. The molecule has 1 N–H and O–H groups in total. The molecule has 1 aromatic heterocycles. The molecule has 0 bridgehead atoms. The van der Waals surface area contributed by atoms with Gasteiger partial charge in [-0.1, -0.05) is 6.07 Å². The van der Waals surface area contributed by atoms with Gasteiger partial charge in [0.2, 0.25) is 5.88 Å². The summed E-state index contributed by atoms with van der Waals surface area (Å²) < 4.78 is 43.0. The van der Waals surface area contributed by atoms with Crippen molar-refractivity contribution in [3.8, 4) is 5.88 Å². The van der Waals surface area contributed by atoms with E-state index in [1.54, 1.807) is 0 Å². The van der Waals surface area contributed by atoms with Crippen LogP contribution in [0.4, 0.5) is 18.0 Å². The SMILES string of the molecule is CC(C)(C)NC(=O)N1CC(Oc2cccc(C(F)(F)F)n2)C1. The van der Waals surface area contributed by atoms with E-state index in [4.69, 9.17) is 4.74 Å². The van der Waals surface area contributed by atoms with Crippen LogP contribution >= 0.6 is 0 Å². The highest BCUT2D eigenvalue weighted by atomic mass is 19.4. The van der Waals surface area contributed by atoms with E-state index in [-0.39, 0.29) is 23.6 Å². The Morgan fingerprint density at radius 3 is 2.50 bits per heavy atom. The quantitative estimate of drug-likeness (QED) is 0.912. The van der Waals surface area contributed by atoms with Crippen molar-refractivity contribution in [3.05, 3.63) is 23.9 Å². The van der Waals surface area contributed by atoms with E-state index in [0.717, 1.165) is 6.07 Å². The molecule has 1 aliphatic heterocycles. The smallest absolute Gasteiger partial charge is 0.433 e. The minimum Gasteiger partial charge on any atom is -0.471 e. The summed E-state index contributed by atoms with van der Waals surface area (Å²) in [5.74, 6) is -0.0873. The molecule has 22 heavy (non-hydrogen) atoms. The van der Waals surface area contributed by atoms with Crippen molar-refractivity contribution in [1.82, 2.24) is 15.2 Å². The average Bonchev–Trinajstić information content (AvgIpc) is 2.30. The zero-order chi connectivity index (χ0) is 16.5. The molecule has 0 saturated carbocycles. The van der Waals surface area contributed by atoms with Gasteiger partial charge in [0.15, 0.2) is 0 Å². The molecule has 2 amide bonds. The highest BCUT2D eigenvalue weighted by Crippen LogP contribution is 2.29. The number of ether oxygens (including phenoxy) is 1. The zero-order valence-electron chi connectivity index (χ0n) is 12.6. The van der Waals surface area contributed by atoms with Crippen LogP contribution in [0.5, 0.6) is 5.88 Å². The second kappa shape index (κ2) is 5.66. The Bertz CT molecular complexity index is 549. The molecule has 0 radical (unpaired) electrons. The van der Waals surface area contributed by atoms with Gasteiger partial charge in [0.05, 0.1) is 13.1 Å². The van der Waals surface area contributed by atoms with Crippen LogP contribution in [0, 0.1) is 0 Å². The summed E-state index contributed by atoms with van der Waals surface area (Å²) in [5, 5.41) is 2.80. The van der Waals surface area contributed by atoms with Crippen molar-refractivity contribution in [2.45, 2.75) is 38.6 Å². The molecule has 1 saturated heterocycles. The average molecular weight is 317 g/mol. The van der Waals surface area contributed by atoms with E-state index in [1.807, 2.05) is 20.8 Å². The number of aromatic nitrogens is 1. The molecular formula is C14H18F3N3O2. The largest absolute Gasteiger partial charge is 0.471 e. The lowest BCUT2D eigenvalue weighted by atomic mass is 10.1. The van der Waals surface area contributed by atoms with Gasteiger partial charge in [0.25, 0.3) is 0 Å². The van der Waals surface area contributed by atoms with Crippen molar-refractivity contribution >= 4 is 6.03 Å². The van der Waals surface area contributed by atoms with Gasteiger partial charge in [0.1, 0.15) is 11.8 Å². The van der Waals surface area contributed by atoms with Crippen LogP contribution in [0.2, 0.25) is 0 Å². The van der Waals surface area contributed by atoms with E-state index in [2.05, 4.69) is 10.3 Å². The third-order valence-electron chi connectivity index (χ3n) is 2.92. The van der Waals surface area contributed by atoms with E-state index in [9.17, 15) is 18.0 Å². The van der Waals surface area contributed by atoms with Gasteiger partial charge in [-0.2, -0.15) is 13.2 Å². The fourth-order valence-electron chi connectivity index (χ4n) is 1.89. The van der Waals surface area contributed by atoms with Crippen LogP contribution in [0.3, 0.4) is 0 Å². The van der Waals surface area contributed by atoms with Gasteiger partial charge < -0.3 is 15.0 Å². The Kier molecular flexibility index (Phi) is 4.21. The second-order valence-electron chi connectivity index (χ2n) is 6.18. The summed E-state index contributed by atoms with van der Waals surface area (Å²) in [6.45, 7) is 6.24. The predicted molar refractivity (Wildman–Crippen MR) is 73.5 cm³/mol. The number of urea groups is 1. The van der Waals surface area contributed by atoms with Crippen molar-refractivity contribution in [2.75, 3.05) is 13.1 Å². The number of carbonyl (C=O) groups excluding carboxylic acids is 1. The Balaban J connectivity index is 1.87. The first kappa shape index (κ1) is 16.4. The van der Waals surface area contributed by atoms with Gasteiger partial charge in [0, 0.05) is 11.6 Å². The molecule has 0 aromatic carbocycles. The Labute approximate surface area is 126 Å².